The smallest absolute Gasteiger partial charge is 1.00 e. The van der Waals surface area contributed by atoms with Crippen LogP contribution in [0.5, 0.6) is 0 Å². The molecule has 0 spiro atoms. The van der Waals surface area contributed by atoms with Gasteiger partial charge in [0.2, 0.25) is 0 Å². The Bertz CT molecular complexity index is 901. The largest absolute Gasteiger partial charge is 1.00 e. The van der Waals surface area contributed by atoms with E-state index in [2.05, 4.69) is 0 Å². The maximum atomic E-state index is 8.58. The zero-order valence-electron chi connectivity index (χ0n) is 19.1. The van der Waals surface area contributed by atoms with Gasteiger partial charge in [0.1, 0.15) is 0 Å². The Hall–Kier alpha value is 1.92. The molecule has 21 heteroatoms. The zero-order valence-corrected chi connectivity index (χ0v) is 35.3. The van der Waals surface area contributed by atoms with Gasteiger partial charge >= 0.3 is 351 Å². The zero-order chi connectivity index (χ0) is 21.3. The molecule has 0 aromatic rings. The summed E-state index contributed by atoms with van der Waals surface area (Å²) in [4.78, 5) is 12.4. The van der Waals surface area contributed by atoms with E-state index in [1.807, 2.05) is 0 Å². The van der Waals surface area contributed by atoms with Crippen molar-refractivity contribution in [1.82, 2.24) is 0 Å². The quantitative estimate of drug-likeness (QED) is 0.240. The number of hydrogen-bond donors (Lipinski definition) is 0. The Kier molecular flexibility index (Phi) is 34.5. The van der Waals surface area contributed by atoms with Crippen LogP contribution in [-0.4, -0.2) is 0 Å². The minimum atomic E-state index is -6.17. The summed E-state index contributed by atoms with van der Waals surface area (Å²) in [5.74, 6) is 0. The summed E-state index contributed by atoms with van der Waals surface area (Å²) in [6.45, 7) is 0. The summed E-state index contributed by atoms with van der Waals surface area (Å²) in [7, 11) is -12.3. The van der Waals surface area contributed by atoms with Gasteiger partial charge in [-0.2, -0.15) is 0 Å². The van der Waals surface area contributed by atoms with E-state index >= 15 is 0 Å². The van der Waals surface area contributed by atoms with Crippen molar-refractivity contribution < 1.29 is 228 Å². The van der Waals surface area contributed by atoms with Crippen molar-refractivity contribution in [3.05, 3.63) is 0 Å². The van der Waals surface area contributed by atoms with Crippen molar-refractivity contribution in [1.29, 1.82) is 63.1 Å². The van der Waals surface area contributed by atoms with Gasteiger partial charge in [0.15, 0.2) is 0 Å². The molecule has 0 saturated heterocycles. The molecule has 0 N–H and O–H groups in total. The molecule has 12 nitrogen and oxygen atoms in total. The predicted molar refractivity (Wildman–Crippen MR) is 67.4 cm³/mol. The normalized spacial score (nSPS) is 10.5. The van der Waals surface area contributed by atoms with Crippen molar-refractivity contribution in [2.24, 2.45) is 0 Å². The van der Waals surface area contributed by atoms with Gasteiger partial charge in [-0.15, -0.1) is 0 Å². The molecule has 131 valence electrons. The van der Waals surface area contributed by atoms with Gasteiger partial charge in [-0.25, -0.2) is 0 Å². The maximum absolute atomic E-state index is 8.58. The van der Waals surface area contributed by atoms with E-state index in [1.165, 1.54) is 0 Å². The van der Waals surface area contributed by atoms with Crippen LogP contribution in [0.4, 0.5) is 0 Å². The molecule has 0 aromatic heterocycles. The minimum absolute atomic E-state index is 0. The number of rotatable bonds is 0. The van der Waals surface area contributed by atoms with Gasteiger partial charge in [0.05, 0.1) is 0 Å². The Morgan fingerprint density at radius 1 is 0.303 bits per heavy atom. The first kappa shape index (κ1) is 59.8. The average molecular weight is 585 g/mol. The van der Waals surface area contributed by atoms with Crippen molar-refractivity contribution >= 4 is 0 Å². The summed E-state index contributed by atoms with van der Waals surface area (Å²) >= 11 is 0. The molecule has 0 saturated carbocycles. The fourth-order valence-corrected chi connectivity index (χ4v) is 2.19. The first-order valence-electron chi connectivity index (χ1n) is 4.80. The molecule has 0 aliphatic rings. The molecule has 0 aliphatic heterocycles. The van der Waals surface area contributed by atoms with Crippen LogP contribution in [0, 0.1) is 123 Å². The van der Waals surface area contributed by atoms with Crippen LogP contribution in [0.25, 0.3) is 0 Å². The molecule has 0 fully saturated rings. The fraction of sp³-hybridized carbons (Fsp3) is 0. The third-order valence-corrected chi connectivity index (χ3v) is 9.78. The van der Waals surface area contributed by atoms with Crippen LogP contribution in [-0.2, 0) is 21.5 Å². The number of hydrogen-bond acceptors (Lipinski definition) is 12. The molecular weight excluding hydrogens is 585 g/mol. The van der Waals surface area contributed by atoms with E-state index in [0.29, 0.717) is 0 Å². The van der Waals surface area contributed by atoms with E-state index in [0.717, 1.165) is 59.6 Å². The van der Waals surface area contributed by atoms with Crippen molar-refractivity contribution in [2.75, 3.05) is 0 Å². The second-order valence-electron chi connectivity index (χ2n) is 3.60. The van der Waals surface area contributed by atoms with E-state index in [4.69, 9.17) is 63.1 Å². The minimum Gasteiger partial charge on any atom is 1.00 e. The van der Waals surface area contributed by atoms with E-state index in [1.54, 1.807) is 0 Å². The monoisotopic (exact) mass is 585 g/mol. The van der Waals surface area contributed by atoms with E-state index < -0.39 is 21.5 Å². The summed E-state index contributed by atoms with van der Waals surface area (Å²) in [5, 5.41) is 103. The van der Waals surface area contributed by atoms with Crippen LogP contribution >= 0.6 is 0 Å². The SMILES string of the molecule is N#[C][Fe-3]([C]#N)([C]#N)([C]#N)([C]#N)[C]#N.N#[C][Fe-4]([C]#N)([C]#N)([C]#N)([C]#N)[C]#N.[Na+].[Na+].[Na+].[Na+].[Na+].[Na+].[Na+]. The maximum Gasteiger partial charge on any atom is 1.00 e. The second-order valence-corrected chi connectivity index (χ2v) is 14.8. The number of nitrogens with zero attached hydrogens (tertiary/aromatic N) is 12. The first-order valence-corrected chi connectivity index (χ1v) is 11.4. The van der Waals surface area contributed by atoms with E-state index in [9.17, 15) is 0 Å². The van der Waals surface area contributed by atoms with Gasteiger partial charge in [-0.1, -0.05) is 0 Å². The molecule has 0 heterocycles. The topological polar surface area (TPSA) is 285 Å². The summed E-state index contributed by atoms with van der Waals surface area (Å²) < 4.78 is 0. The third kappa shape index (κ3) is 9.01. The van der Waals surface area contributed by atoms with Gasteiger partial charge in [0.25, 0.3) is 0 Å². The molecule has 0 bridgehead atoms. The summed E-state index contributed by atoms with van der Waals surface area (Å²) in [5.41, 5.74) is 0. The molecule has 0 aromatic carbocycles. The van der Waals surface area contributed by atoms with Crippen LogP contribution in [0.15, 0.2) is 0 Å². The van der Waals surface area contributed by atoms with Gasteiger partial charge in [0, 0.05) is 0 Å². The fourth-order valence-electron chi connectivity index (χ4n) is 0.530. The molecular formula is C12Fe2N12Na7. The second kappa shape index (κ2) is 19.1. The molecule has 33 heavy (non-hydrogen) atoms. The molecule has 0 aliphatic carbocycles. The summed E-state index contributed by atoms with van der Waals surface area (Å²) in [6.07, 6.45) is 0. The van der Waals surface area contributed by atoms with Crippen molar-refractivity contribution in [2.45, 2.75) is 0 Å². The standard InChI is InChI=1S/12CN.2Fe.7Na/c12*1-2;;;;;;;;;/q;;;;;;;;;;;;-4;-3;7*+1. The van der Waals surface area contributed by atoms with Crippen LogP contribution in [0.3, 0.4) is 0 Å². The van der Waals surface area contributed by atoms with Crippen molar-refractivity contribution in [3.63, 3.8) is 0 Å². The van der Waals surface area contributed by atoms with E-state index in [-0.39, 0.29) is 207 Å². The Morgan fingerprint density at radius 3 is 0.424 bits per heavy atom. The van der Waals surface area contributed by atoms with Gasteiger partial charge in [-0.3, -0.25) is 0 Å². The molecule has 0 amide bonds. The van der Waals surface area contributed by atoms with Gasteiger partial charge < -0.3 is 0 Å². The van der Waals surface area contributed by atoms with Gasteiger partial charge in [-0.05, 0) is 0 Å². The van der Waals surface area contributed by atoms with Crippen LogP contribution in [0.1, 0.15) is 0 Å². The van der Waals surface area contributed by atoms with Crippen molar-refractivity contribution in [3.8, 4) is 59.6 Å². The summed E-state index contributed by atoms with van der Waals surface area (Å²) in [6, 6.07) is 0. The Morgan fingerprint density at radius 2 is 0.424 bits per heavy atom. The molecule has 0 rings (SSSR count). The van der Waals surface area contributed by atoms with Crippen LogP contribution < -0.4 is 207 Å². The molecule has 0 radical (unpaired) electrons. The Balaban J connectivity index is -0.0000000411. The Labute approximate surface area is 343 Å². The molecule has 0 unspecified atom stereocenters. The number of nitriles is 12. The van der Waals surface area contributed by atoms with Crippen LogP contribution in [0.2, 0.25) is 0 Å². The third-order valence-electron chi connectivity index (χ3n) is 2.37. The predicted octanol–water partition coefficient (Wildman–Crippen LogP) is -20.8. The first-order chi connectivity index (χ1) is 11.9. The average Bonchev–Trinajstić information content (AvgIpc) is 2.77. The molecule has 0 atom stereocenters.